The van der Waals surface area contributed by atoms with E-state index >= 15 is 0 Å². The molecule has 8 nitrogen and oxygen atoms in total. The number of carboxylic acids is 1. The van der Waals surface area contributed by atoms with Crippen LogP contribution in [0.15, 0.2) is 54.2 Å². The molecule has 248 valence electrons. The maximum atomic E-state index is 14.3. The van der Waals surface area contributed by atoms with Crippen molar-refractivity contribution >= 4 is 28.9 Å². The maximum Gasteiger partial charge on any atom is 0.306 e. The average Bonchev–Trinajstić information content (AvgIpc) is 3.77. The largest absolute Gasteiger partial charge is 0.489 e. The van der Waals surface area contributed by atoms with Gasteiger partial charge in [-0.05, 0) is 92.3 Å². The summed E-state index contributed by atoms with van der Waals surface area (Å²) < 4.78 is 38.7. The van der Waals surface area contributed by atoms with E-state index in [1.165, 1.54) is 0 Å². The van der Waals surface area contributed by atoms with Crippen LogP contribution in [0.5, 0.6) is 11.6 Å². The van der Waals surface area contributed by atoms with E-state index in [0.29, 0.717) is 31.3 Å². The van der Waals surface area contributed by atoms with E-state index in [0.717, 1.165) is 77.6 Å². The fourth-order valence-corrected chi connectivity index (χ4v) is 6.77. The van der Waals surface area contributed by atoms with Gasteiger partial charge >= 0.3 is 5.97 Å². The number of hydrogen-bond acceptors (Lipinski definition) is 7. The number of ketones is 1. The Balaban J connectivity index is 1.12. The molecule has 2 aliphatic heterocycles. The molecule has 1 saturated heterocycles. The number of aliphatic carboxylic acids is 1. The molecule has 2 unspecified atom stereocenters. The molecular formula is C36H38ClF2N3O5. The third-order valence-electron chi connectivity index (χ3n) is 9.40. The number of nitrogens with zero attached hydrogens (tertiary/aromatic N) is 1. The number of carbonyl (C=O) groups excluding carboxylic acids is 1. The van der Waals surface area contributed by atoms with E-state index in [9.17, 15) is 18.4 Å². The summed E-state index contributed by atoms with van der Waals surface area (Å²) in [6.45, 7) is 2.59. The first kappa shape index (κ1) is 33.1. The van der Waals surface area contributed by atoms with Gasteiger partial charge in [0.2, 0.25) is 5.88 Å². The van der Waals surface area contributed by atoms with Crippen LogP contribution in [0, 0.1) is 18.6 Å². The molecule has 0 spiro atoms. The number of hydrogen-bond donors (Lipinski definition) is 3. The molecule has 3 aromatic rings. The molecule has 6 rings (SSSR count). The predicted octanol–water partition coefficient (Wildman–Crippen LogP) is 6.36. The van der Waals surface area contributed by atoms with E-state index in [4.69, 9.17) is 26.2 Å². The van der Waals surface area contributed by atoms with Crippen molar-refractivity contribution in [3.8, 4) is 11.6 Å². The quantitative estimate of drug-likeness (QED) is 0.127. The standard InChI is InChI=1S/C36H38ClF2N3O5/c1-21-24(12-16-40-35(21)47-18-13-30(43)44)20-41-36(14-15-36)34(45)31-26(19-25-8-11-29(31)42-25)23-6-4-22(5-7-23)3-2-17-46-33-28(39)10-9-27(38)32(33)37/h4-7,9-10,12,16,25,29,41-42H,2-3,8,11,13-15,17-20H2,1H3,(H,43,44). The second kappa shape index (κ2) is 14.1. The normalized spacial score (nSPS) is 19.5. The Morgan fingerprint density at radius 1 is 1.06 bits per heavy atom. The predicted molar refractivity (Wildman–Crippen MR) is 174 cm³/mol. The minimum atomic E-state index is -0.931. The summed E-state index contributed by atoms with van der Waals surface area (Å²) in [5.41, 5.74) is 5.26. The second-order valence-electron chi connectivity index (χ2n) is 12.6. The molecule has 47 heavy (non-hydrogen) atoms. The molecule has 2 bridgehead atoms. The first-order valence-electron chi connectivity index (χ1n) is 16.1. The third kappa shape index (κ3) is 7.35. The van der Waals surface area contributed by atoms with Crippen molar-refractivity contribution in [2.75, 3.05) is 13.2 Å². The minimum absolute atomic E-state index is 0.0271. The van der Waals surface area contributed by atoms with E-state index in [-0.39, 0.29) is 42.2 Å². The summed E-state index contributed by atoms with van der Waals surface area (Å²) in [7, 11) is 0. The van der Waals surface area contributed by atoms with Crippen molar-refractivity contribution in [2.45, 2.75) is 82.5 Å². The zero-order valence-corrected chi connectivity index (χ0v) is 27.0. The minimum Gasteiger partial charge on any atom is -0.489 e. The number of nitrogens with one attached hydrogen (secondary N) is 2. The summed E-state index contributed by atoms with van der Waals surface area (Å²) in [5.74, 6) is -2.06. The lowest BCUT2D eigenvalue weighted by molar-refractivity contribution is -0.137. The number of rotatable bonds is 15. The average molecular weight is 666 g/mol. The van der Waals surface area contributed by atoms with Crippen molar-refractivity contribution in [1.29, 1.82) is 0 Å². The van der Waals surface area contributed by atoms with Crippen LogP contribution in [0.1, 0.15) is 67.2 Å². The Bertz CT molecular complexity index is 1690. The summed E-state index contributed by atoms with van der Waals surface area (Å²) in [5, 5.41) is 15.8. The molecule has 0 radical (unpaired) electrons. The van der Waals surface area contributed by atoms with Crippen LogP contribution in [-0.4, -0.2) is 52.7 Å². The van der Waals surface area contributed by atoms with Crippen molar-refractivity contribution in [3.05, 3.63) is 93.1 Å². The lowest BCUT2D eigenvalue weighted by Crippen LogP contribution is -2.46. The lowest BCUT2D eigenvalue weighted by Gasteiger charge is -2.30. The van der Waals surface area contributed by atoms with Gasteiger partial charge in [0.05, 0.1) is 18.6 Å². The van der Waals surface area contributed by atoms with Crippen LogP contribution in [0.2, 0.25) is 5.02 Å². The Hall–Kier alpha value is -3.86. The monoisotopic (exact) mass is 665 g/mol. The number of benzene rings is 2. The highest BCUT2D eigenvalue weighted by atomic mass is 35.5. The van der Waals surface area contributed by atoms with Gasteiger partial charge < -0.3 is 25.2 Å². The maximum absolute atomic E-state index is 14.3. The number of aromatic nitrogens is 1. The first-order chi connectivity index (χ1) is 22.6. The number of ether oxygens (including phenoxy) is 2. The Labute approximate surface area is 277 Å². The zero-order valence-electron chi connectivity index (χ0n) is 26.2. The van der Waals surface area contributed by atoms with Crippen molar-refractivity contribution in [2.24, 2.45) is 0 Å². The molecule has 1 aromatic heterocycles. The molecule has 1 aliphatic carbocycles. The SMILES string of the molecule is Cc1c(CNC2(C(=O)C3=C(c4ccc(CCCOc5c(F)ccc(F)c5Cl)cc4)CC4CCC3N4)CC2)ccnc1OCCC(=O)O. The fraction of sp³-hybridized carbons (Fsp3) is 0.417. The first-order valence-corrected chi connectivity index (χ1v) is 16.5. The molecule has 2 atom stereocenters. The van der Waals surface area contributed by atoms with Crippen molar-refractivity contribution < 1.29 is 33.0 Å². The molecule has 3 N–H and O–H groups in total. The lowest BCUT2D eigenvalue weighted by atomic mass is 9.84. The van der Waals surface area contributed by atoms with Gasteiger partial charge in [0.1, 0.15) is 17.4 Å². The molecule has 3 aliphatic rings. The van der Waals surface area contributed by atoms with Crippen molar-refractivity contribution in [3.63, 3.8) is 0 Å². The Morgan fingerprint density at radius 3 is 2.57 bits per heavy atom. The van der Waals surface area contributed by atoms with Gasteiger partial charge in [0.15, 0.2) is 17.3 Å². The second-order valence-corrected chi connectivity index (χ2v) is 12.9. The summed E-state index contributed by atoms with van der Waals surface area (Å²) in [6, 6.07) is 12.5. The van der Waals surface area contributed by atoms with Gasteiger partial charge in [-0.3, -0.25) is 9.59 Å². The number of fused-ring (bicyclic) bond motifs is 2. The van der Waals surface area contributed by atoms with Gasteiger partial charge in [-0.1, -0.05) is 35.9 Å². The fourth-order valence-electron chi connectivity index (χ4n) is 6.56. The number of carbonyl (C=O) groups is 2. The van der Waals surface area contributed by atoms with Gasteiger partial charge in [0.25, 0.3) is 0 Å². The summed E-state index contributed by atoms with van der Waals surface area (Å²) in [4.78, 5) is 29.5. The summed E-state index contributed by atoms with van der Waals surface area (Å²) in [6.07, 6.45) is 7.08. The van der Waals surface area contributed by atoms with Crippen LogP contribution < -0.4 is 20.1 Å². The molecule has 0 amide bonds. The molecule has 1 saturated carbocycles. The van der Waals surface area contributed by atoms with E-state index in [1.54, 1.807) is 6.20 Å². The highest BCUT2D eigenvalue weighted by Gasteiger charge is 2.53. The van der Waals surface area contributed by atoms with E-state index < -0.39 is 23.1 Å². The van der Waals surface area contributed by atoms with Gasteiger partial charge in [0, 0.05) is 36.0 Å². The molecule has 2 fully saturated rings. The van der Waals surface area contributed by atoms with E-state index in [2.05, 4.69) is 39.9 Å². The van der Waals surface area contributed by atoms with Gasteiger partial charge in [-0.15, -0.1) is 0 Å². The van der Waals surface area contributed by atoms with Crippen molar-refractivity contribution in [1.82, 2.24) is 15.6 Å². The number of pyridine rings is 1. The zero-order chi connectivity index (χ0) is 33.1. The Morgan fingerprint density at radius 2 is 1.83 bits per heavy atom. The number of halogens is 3. The van der Waals surface area contributed by atoms with Gasteiger partial charge in [-0.25, -0.2) is 13.8 Å². The van der Waals surface area contributed by atoms with Gasteiger partial charge in [-0.2, -0.15) is 0 Å². The highest BCUT2D eigenvalue weighted by Crippen LogP contribution is 2.45. The highest BCUT2D eigenvalue weighted by molar-refractivity contribution is 6.32. The molecular weight excluding hydrogens is 628 g/mol. The molecule has 3 heterocycles. The number of Topliss-reactive ketones (excluding diaryl/α,β-unsaturated/α-hetero) is 1. The topological polar surface area (TPSA) is 110 Å². The number of carboxylic acid groups (broad SMARTS) is 1. The van der Waals surface area contributed by atoms with Crippen LogP contribution >= 0.6 is 11.6 Å². The summed E-state index contributed by atoms with van der Waals surface area (Å²) >= 11 is 5.86. The van der Waals surface area contributed by atoms with Crippen LogP contribution in [-0.2, 0) is 22.6 Å². The third-order valence-corrected chi connectivity index (χ3v) is 9.75. The smallest absolute Gasteiger partial charge is 0.306 e. The van der Waals surface area contributed by atoms with Crippen LogP contribution in [0.25, 0.3) is 5.57 Å². The Kier molecular flexibility index (Phi) is 9.91. The van der Waals surface area contributed by atoms with E-state index in [1.807, 2.05) is 13.0 Å². The van der Waals surface area contributed by atoms with Crippen LogP contribution in [0.4, 0.5) is 8.78 Å². The molecule has 11 heteroatoms. The molecule has 2 aromatic carbocycles. The van der Waals surface area contributed by atoms with Crippen LogP contribution in [0.3, 0.4) is 0 Å². The number of aryl methyl sites for hydroxylation is 1.